The number of carboxylic acid groups (broad SMARTS) is 1. The van der Waals surface area contributed by atoms with E-state index in [-0.39, 0.29) is 16.7 Å². The summed E-state index contributed by atoms with van der Waals surface area (Å²) in [5.41, 5.74) is 0.417. The third-order valence-corrected chi connectivity index (χ3v) is 3.17. The molecule has 1 N–H and O–H groups in total. The molecule has 2 aromatic carbocycles. The highest BCUT2D eigenvalue weighted by Crippen LogP contribution is 2.18. The Morgan fingerprint density at radius 1 is 1.09 bits per heavy atom. The summed E-state index contributed by atoms with van der Waals surface area (Å²) in [4.78, 5) is 33.6. The van der Waals surface area contributed by atoms with Crippen molar-refractivity contribution in [2.24, 2.45) is 0 Å². The molecular weight excluding hydrogens is 302 g/mol. The van der Waals surface area contributed by atoms with Crippen molar-refractivity contribution in [3.05, 3.63) is 74.8 Å². The van der Waals surface area contributed by atoms with Crippen LogP contribution < -0.4 is 4.74 Å². The molecule has 0 unspecified atom stereocenters. The second kappa shape index (κ2) is 6.69. The summed E-state index contributed by atoms with van der Waals surface area (Å²) < 4.78 is 5.00. The number of ether oxygens (including phenoxy) is 1. The lowest BCUT2D eigenvalue weighted by molar-refractivity contribution is -0.496. The van der Waals surface area contributed by atoms with E-state index >= 15 is 0 Å². The maximum Gasteiger partial charge on any atom is 0.335 e. The van der Waals surface area contributed by atoms with Gasteiger partial charge in [-0.15, -0.1) is 0 Å². The molecule has 7 heteroatoms. The number of nitro groups is 1. The van der Waals surface area contributed by atoms with E-state index in [1.54, 1.807) is 24.3 Å². The van der Waals surface area contributed by atoms with Crippen molar-refractivity contribution in [1.29, 1.82) is 0 Å². The van der Waals surface area contributed by atoms with Crippen LogP contribution in [0.15, 0.2) is 42.5 Å². The van der Waals surface area contributed by atoms with Crippen LogP contribution in [0.3, 0.4) is 0 Å². The van der Waals surface area contributed by atoms with E-state index in [0.29, 0.717) is 11.3 Å². The van der Waals surface area contributed by atoms with Gasteiger partial charge in [0.15, 0.2) is 5.78 Å². The molecule has 0 amide bonds. The Hall–Kier alpha value is -3.22. The van der Waals surface area contributed by atoms with Gasteiger partial charge in [-0.05, 0) is 42.5 Å². The number of methoxy groups -OCH3 is 1. The van der Waals surface area contributed by atoms with E-state index in [2.05, 4.69) is 0 Å². The first-order valence-electron chi connectivity index (χ1n) is 6.58. The van der Waals surface area contributed by atoms with Gasteiger partial charge in [-0.2, -0.15) is 0 Å². The molecule has 0 aromatic heterocycles. The number of hydrogen-bond acceptors (Lipinski definition) is 5. The summed E-state index contributed by atoms with van der Waals surface area (Å²) in [6.07, 6.45) is 0. The average Bonchev–Trinajstić information content (AvgIpc) is 2.53. The first-order chi connectivity index (χ1) is 10.9. The van der Waals surface area contributed by atoms with Crippen molar-refractivity contribution >= 4 is 11.8 Å². The molecule has 7 nitrogen and oxygen atoms in total. The Bertz CT molecular complexity index is 767. The van der Waals surface area contributed by atoms with Crippen LogP contribution in [0.25, 0.3) is 0 Å². The highest BCUT2D eigenvalue weighted by atomic mass is 16.6. The fourth-order valence-corrected chi connectivity index (χ4v) is 2.10. The summed E-state index contributed by atoms with van der Waals surface area (Å²) in [5, 5.41) is 19.7. The van der Waals surface area contributed by atoms with E-state index in [0.717, 1.165) is 0 Å². The Morgan fingerprint density at radius 2 is 1.70 bits per heavy atom. The van der Waals surface area contributed by atoms with Crippen LogP contribution in [0.4, 0.5) is 0 Å². The van der Waals surface area contributed by atoms with Gasteiger partial charge in [-0.3, -0.25) is 14.9 Å². The van der Waals surface area contributed by atoms with Crippen LogP contribution in [0, 0.1) is 10.1 Å². The Morgan fingerprint density at radius 3 is 2.22 bits per heavy atom. The zero-order valence-corrected chi connectivity index (χ0v) is 12.2. The van der Waals surface area contributed by atoms with Gasteiger partial charge in [-0.25, -0.2) is 4.79 Å². The van der Waals surface area contributed by atoms with Gasteiger partial charge in [0, 0.05) is 21.6 Å². The monoisotopic (exact) mass is 315 g/mol. The zero-order chi connectivity index (χ0) is 17.0. The molecule has 0 aliphatic heterocycles. The largest absolute Gasteiger partial charge is 0.497 e. The van der Waals surface area contributed by atoms with E-state index < -0.39 is 23.2 Å². The van der Waals surface area contributed by atoms with Gasteiger partial charge >= 0.3 is 5.97 Å². The molecule has 0 radical (unpaired) electrons. The number of carboxylic acids is 1. The van der Waals surface area contributed by atoms with E-state index in [9.17, 15) is 19.7 Å². The molecule has 2 aromatic rings. The number of aromatic carboxylic acids is 1. The topological polar surface area (TPSA) is 107 Å². The van der Waals surface area contributed by atoms with E-state index in [4.69, 9.17) is 9.84 Å². The predicted octanol–water partition coefficient (Wildman–Crippen LogP) is 2.40. The van der Waals surface area contributed by atoms with Crippen LogP contribution >= 0.6 is 0 Å². The van der Waals surface area contributed by atoms with Crippen LogP contribution in [-0.4, -0.2) is 28.9 Å². The van der Waals surface area contributed by atoms with Crippen LogP contribution in [0.1, 0.15) is 31.8 Å². The van der Waals surface area contributed by atoms with Crippen LogP contribution in [-0.2, 0) is 6.54 Å². The second-order valence-corrected chi connectivity index (χ2v) is 4.77. The summed E-state index contributed by atoms with van der Waals surface area (Å²) >= 11 is 0. The minimum atomic E-state index is -1.25. The van der Waals surface area contributed by atoms with Gasteiger partial charge < -0.3 is 9.84 Å². The SMILES string of the molecule is COc1ccc(C(=O)c2cc(C[N+](=O)[O-])cc(C(=O)O)c2)cc1. The molecule has 23 heavy (non-hydrogen) atoms. The van der Waals surface area contributed by atoms with Crippen molar-refractivity contribution in [2.75, 3.05) is 7.11 Å². The molecule has 0 atom stereocenters. The summed E-state index contributed by atoms with van der Waals surface area (Å²) in [6.45, 7) is -0.552. The molecule has 0 bridgehead atoms. The molecule has 0 saturated carbocycles. The fraction of sp³-hybridized carbons (Fsp3) is 0.125. The fourth-order valence-electron chi connectivity index (χ4n) is 2.10. The van der Waals surface area contributed by atoms with Gasteiger partial charge in [0.2, 0.25) is 6.54 Å². The molecule has 0 aliphatic rings. The number of carbonyl (C=O) groups is 2. The number of benzene rings is 2. The molecule has 0 saturated heterocycles. The first kappa shape index (κ1) is 16.2. The van der Waals surface area contributed by atoms with Gasteiger partial charge in [0.1, 0.15) is 5.75 Å². The van der Waals surface area contributed by atoms with Crippen LogP contribution in [0.5, 0.6) is 5.75 Å². The summed E-state index contributed by atoms with van der Waals surface area (Å²) in [7, 11) is 1.50. The van der Waals surface area contributed by atoms with Crippen molar-refractivity contribution in [3.63, 3.8) is 0 Å². The van der Waals surface area contributed by atoms with Crippen molar-refractivity contribution in [2.45, 2.75) is 6.54 Å². The highest BCUT2D eigenvalue weighted by Gasteiger charge is 2.16. The van der Waals surface area contributed by atoms with Crippen molar-refractivity contribution in [1.82, 2.24) is 0 Å². The highest BCUT2D eigenvalue weighted by molar-refractivity contribution is 6.10. The Labute approximate surface area is 131 Å². The number of ketones is 1. The average molecular weight is 315 g/mol. The molecule has 2 rings (SSSR count). The smallest absolute Gasteiger partial charge is 0.335 e. The maximum absolute atomic E-state index is 12.5. The first-order valence-corrected chi connectivity index (χ1v) is 6.58. The third-order valence-electron chi connectivity index (χ3n) is 3.17. The van der Waals surface area contributed by atoms with Crippen molar-refractivity contribution in [3.8, 4) is 5.75 Å². The molecular formula is C16H13NO6. The normalized spacial score (nSPS) is 10.1. The lowest BCUT2D eigenvalue weighted by Crippen LogP contribution is -2.08. The summed E-state index contributed by atoms with van der Waals surface area (Å²) in [5.74, 6) is -1.09. The van der Waals surface area contributed by atoms with Gasteiger partial charge in [0.25, 0.3) is 0 Å². The predicted molar refractivity (Wildman–Crippen MR) is 80.5 cm³/mol. The molecule has 0 heterocycles. The maximum atomic E-state index is 12.5. The third kappa shape index (κ3) is 3.91. The number of carbonyl (C=O) groups excluding carboxylic acids is 1. The zero-order valence-electron chi connectivity index (χ0n) is 12.2. The summed E-state index contributed by atoms with van der Waals surface area (Å²) in [6, 6.07) is 10.0. The lowest BCUT2D eigenvalue weighted by Gasteiger charge is -2.06. The van der Waals surface area contributed by atoms with Gasteiger partial charge in [0.05, 0.1) is 12.7 Å². The molecule has 0 aliphatic carbocycles. The number of hydrogen-bond donors (Lipinski definition) is 1. The van der Waals surface area contributed by atoms with E-state index in [1.165, 1.54) is 25.3 Å². The Kier molecular flexibility index (Phi) is 4.70. The standard InChI is InChI=1S/C16H13NO6/c1-23-14-4-2-11(3-5-14)15(18)12-6-10(9-17(21)22)7-13(8-12)16(19)20/h2-8H,9H2,1H3,(H,19,20). The quantitative estimate of drug-likeness (QED) is 0.498. The number of nitrogens with zero attached hydrogens (tertiary/aromatic N) is 1. The molecule has 0 spiro atoms. The minimum absolute atomic E-state index is 0.0897. The molecule has 118 valence electrons. The lowest BCUT2D eigenvalue weighted by atomic mass is 9.98. The van der Waals surface area contributed by atoms with Gasteiger partial charge in [-0.1, -0.05) is 0 Å². The second-order valence-electron chi connectivity index (χ2n) is 4.77. The van der Waals surface area contributed by atoms with Crippen LogP contribution in [0.2, 0.25) is 0 Å². The van der Waals surface area contributed by atoms with Crippen molar-refractivity contribution < 1.29 is 24.4 Å². The molecule has 0 fully saturated rings. The Balaban J connectivity index is 2.43. The number of rotatable bonds is 6. The van der Waals surface area contributed by atoms with E-state index in [1.807, 2.05) is 0 Å². The minimum Gasteiger partial charge on any atom is -0.497 e.